The first-order valence-corrected chi connectivity index (χ1v) is 6.74. The van der Waals surface area contributed by atoms with Crippen molar-refractivity contribution in [2.45, 2.75) is 27.2 Å². The molecule has 1 atom stereocenters. The molecule has 1 N–H and O–H groups in total. The molecule has 0 saturated heterocycles. The molecule has 106 valence electrons. The van der Waals surface area contributed by atoms with Crippen molar-refractivity contribution in [3.8, 4) is 0 Å². The Hall–Kier alpha value is -1.36. The molecule has 0 aliphatic heterocycles. The molecular formula is C13H21ClN4O. The fourth-order valence-corrected chi connectivity index (χ4v) is 2.06. The summed E-state index contributed by atoms with van der Waals surface area (Å²) in [7, 11) is 3.55. The number of rotatable bonds is 5. The van der Waals surface area contributed by atoms with Gasteiger partial charge in [-0.2, -0.15) is 0 Å². The Morgan fingerprint density at radius 2 is 2.11 bits per heavy atom. The van der Waals surface area contributed by atoms with Crippen LogP contribution in [0.5, 0.6) is 0 Å². The van der Waals surface area contributed by atoms with E-state index in [0.29, 0.717) is 17.5 Å². The summed E-state index contributed by atoms with van der Waals surface area (Å²) in [4.78, 5) is 22.2. The molecule has 1 heterocycles. The van der Waals surface area contributed by atoms with E-state index in [-0.39, 0.29) is 11.8 Å². The summed E-state index contributed by atoms with van der Waals surface area (Å²) in [6.07, 6.45) is 0.728. The van der Waals surface area contributed by atoms with E-state index in [1.54, 1.807) is 7.05 Å². The number of carbonyl (C=O) groups is 1. The molecule has 0 aromatic carbocycles. The molecule has 1 rings (SSSR count). The molecular weight excluding hydrogens is 264 g/mol. The van der Waals surface area contributed by atoms with Crippen molar-refractivity contribution in [3.63, 3.8) is 0 Å². The molecule has 0 fully saturated rings. The lowest BCUT2D eigenvalue weighted by Gasteiger charge is -2.23. The van der Waals surface area contributed by atoms with E-state index in [0.717, 1.165) is 17.8 Å². The minimum atomic E-state index is -0.117. The maximum Gasteiger partial charge on any atom is 0.224 e. The van der Waals surface area contributed by atoms with Crippen molar-refractivity contribution in [2.24, 2.45) is 5.92 Å². The summed E-state index contributed by atoms with van der Waals surface area (Å²) in [5.41, 5.74) is 0.838. The largest absolute Gasteiger partial charge is 0.359 e. The van der Waals surface area contributed by atoms with Gasteiger partial charge < -0.3 is 10.2 Å². The molecule has 5 nitrogen and oxygen atoms in total. The van der Waals surface area contributed by atoms with E-state index in [1.807, 2.05) is 32.7 Å². The lowest BCUT2D eigenvalue weighted by atomic mass is 10.1. The molecule has 6 heteroatoms. The molecule has 1 amide bonds. The Morgan fingerprint density at radius 3 is 2.63 bits per heavy atom. The zero-order chi connectivity index (χ0) is 14.6. The van der Waals surface area contributed by atoms with Crippen LogP contribution in [-0.2, 0) is 11.2 Å². The second-order valence-electron chi connectivity index (χ2n) is 4.63. The van der Waals surface area contributed by atoms with Gasteiger partial charge in [-0.15, -0.1) is 0 Å². The fourth-order valence-electron chi connectivity index (χ4n) is 1.88. The topological polar surface area (TPSA) is 58.1 Å². The van der Waals surface area contributed by atoms with E-state index < -0.39 is 0 Å². The zero-order valence-electron chi connectivity index (χ0n) is 12.1. The predicted molar refractivity (Wildman–Crippen MR) is 77.7 cm³/mol. The SMILES string of the molecule is CCc1nc(Cl)c(C)c(N(C)CC(C)C(=O)NC)n1. The summed E-state index contributed by atoms with van der Waals surface area (Å²) < 4.78 is 0. The third-order valence-electron chi connectivity index (χ3n) is 3.03. The number of halogens is 1. The number of anilines is 1. The molecule has 19 heavy (non-hydrogen) atoms. The summed E-state index contributed by atoms with van der Waals surface area (Å²) in [5.74, 6) is 1.39. The van der Waals surface area contributed by atoms with Crippen molar-refractivity contribution in [1.29, 1.82) is 0 Å². The normalized spacial score (nSPS) is 12.1. The molecule has 0 bridgehead atoms. The first-order valence-electron chi connectivity index (χ1n) is 6.36. The average molecular weight is 285 g/mol. The van der Waals surface area contributed by atoms with Crippen LogP contribution in [0.2, 0.25) is 5.15 Å². The second kappa shape index (κ2) is 6.70. The van der Waals surface area contributed by atoms with Gasteiger partial charge in [0, 0.05) is 32.6 Å². The standard InChI is InChI=1S/C13H21ClN4O/c1-6-10-16-11(14)9(3)12(17-10)18(5)7-8(2)13(19)15-4/h8H,6-7H2,1-5H3,(H,15,19). The van der Waals surface area contributed by atoms with Crippen LogP contribution < -0.4 is 10.2 Å². The van der Waals surface area contributed by atoms with Gasteiger partial charge in [-0.1, -0.05) is 25.4 Å². The highest BCUT2D eigenvalue weighted by Gasteiger charge is 2.18. The number of amides is 1. The van der Waals surface area contributed by atoms with Gasteiger partial charge in [0.1, 0.15) is 16.8 Å². The third-order valence-corrected chi connectivity index (χ3v) is 3.39. The monoisotopic (exact) mass is 284 g/mol. The molecule has 1 aromatic heterocycles. The Kier molecular flexibility index (Phi) is 5.54. The molecule has 0 saturated carbocycles. The highest BCUT2D eigenvalue weighted by Crippen LogP contribution is 2.23. The number of aryl methyl sites for hydroxylation is 1. The molecule has 1 aromatic rings. The average Bonchev–Trinajstić information content (AvgIpc) is 2.40. The van der Waals surface area contributed by atoms with Crippen LogP contribution in [0.4, 0.5) is 5.82 Å². The van der Waals surface area contributed by atoms with Crippen LogP contribution >= 0.6 is 11.6 Å². The van der Waals surface area contributed by atoms with Gasteiger partial charge in [0.05, 0.1) is 5.92 Å². The first kappa shape index (κ1) is 15.7. The molecule has 0 radical (unpaired) electrons. The van der Waals surface area contributed by atoms with Crippen LogP contribution in [0.3, 0.4) is 0 Å². The van der Waals surface area contributed by atoms with Gasteiger partial charge in [-0.3, -0.25) is 4.79 Å². The van der Waals surface area contributed by atoms with Crippen molar-refractivity contribution in [3.05, 3.63) is 16.5 Å². The van der Waals surface area contributed by atoms with E-state index in [1.165, 1.54) is 0 Å². The van der Waals surface area contributed by atoms with Gasteiger partial charge in [0.15, 0.2) is 0 Å². The van der Waals surface area contributed by atoms with Crippen LogP contribution in [0, 0.1) is 12.8 Å². The van der Waals surface area contributed by atoms with Crippen molar-refractivity contribution >= 4 is 23.3 Å². The molecule has 0 aliphatic carbocycles. The number of hydrogen-bond donors (Lipinski definition) is 1. The number of carbonyl (C=O) groups excluding carboxylic acids is 1. The van der Waals surface area contributed by atoms with Gasteiger partial charge in [-0.25, -0.2) is 9.97 Å². The summed E-state index contributed by atoms with van der Waals surface area (Å²) >= 11 is 6.11. The number of hydrogen-bond acceptors (Lipinski definition) is 4. The van der Waals surface area contributed by atoms with Gasteiger partial charge in [0.25, 0.3) is 0 Å². The van der Waals surface area contributed by atoms with Crippen LogP contribution in [0.15, 0.2) is 0 Å². The fraction of sp³-hybridized carbons (Fsp3) is 0.615. The van der Waals surface area contributed by atoms with Gasteiger partial charge >= 0.3 is 0 Å². The quantitative estimate of drug-likeness (QED) is 0.838. The predicted octanol–water partition coefficient (Wildman–Crippen LogP) is 1.82. The summed E-state index contributed by atoms with van der Waals surface area (Å²) in [6, 6.07) is 0. The van der Waals surface area contributed by atoms with Crippen molar-refractivity contribution in [1.82, 2.24) is 15.3 Å². The minimum absolute atomic E-state index is 0.0142. The van der Waals surface area contributed by atoms with E-state index >= 15 is 0 Å². The van der Waals surface area contributed by atoms with Crippen molar-refractivity contribution in [2.75, 3.05) is 25.5 Å². The summed E-state index contributed by atoms with van der Waals surface area (Å²) in [5, 5.41) is 3.12. The Morgan fingerprint density at radius 1 is 1.47 bits per heavy atom. The Bertz CT molecular complexity index is 464. The Labute approximate surface area is 119 Å². The summed E-state index contributed by atoms with van der Waals surface area (Å²) in [6.45, 7) is 6.33. The molecule has 1 unspecified atom stereocenters. The van der Waals surface area contributed by atoms with E-state index in [9.17, 15) is 4.79 Å². The number of aromatic nitrogens is 2. The highest BCUT2D eigenvalue weighted by atomic mass is 35.5. The van der Waals surface area contributed by atoms with Crippen molar-refractivity contribution < 1.29 is 4.79 Å². The lowest BCUT2D eigenvalue weighted by Crippen LogP contribution is -2.35. The third kappa shape index (κ3) is 3.80. The van der Waals surface area contributed by atoms with Crippen LogP contribution in [-0.4, -0.2) is 36.5 Å². The maximum absolute atomic E-state index is 11.6. The smallest absolute Gasteiger partial charge is 0.224 e. The number of nitrogens with one attached hydrogen (secondary N) is 1. The Balaban J connectivity index is 2.96. The van der Waals surface area contributed by atoms with Crippen LogP contribution in [0.1, 0.15) is 25.2 Å². The highest BCUT2D eigenvalue weighted by molar-refractivity contribution is 6.30. The second-order valence-corrected chi connectivity index (χ2v) is 4.99. The number of nitrogens with zero attached hydrogens (tertiary/aromatic N) is 3. The van der Waals surface area contributed by atoms with Crippen LogP contribution in [0.25, 0.3) is 0 Å². The van der Waals surface area contributed by atoms with E-state index in [2.05, 4.69) is 15.3 Å². The zero-order valence-corrected chi connectivity index (χ0v) is 12.9. The molecule has 0 spiro atoms. The van der Waals surface area contributed by atoms with Gasteiger partial charge in [-0.05, 0) is 6.92 Å². The first-order chi connectivity index (χ1) is 8.90. The lowest BCUT2D eigenvalue weighted by molar-refractivity contribution is -0.123. The maximum atomic E-state index is 11.6. The van der Waals surface area contributed by atoms with Gasteiger partial charge in [0.2, 0.25) is 5.91 Å². The van der Waals surface area contributed by atoms with E-state index in [4.69, 9.17) is 11.6 Å². The minimum Gasteiger partial charge on any atom is -0.359 e. The molecule has 0 aliphatic rings.